The Kier molecular flexibility index (Phi) is 6.23. The Balaban J connectivity index is 1.76. The Morgan fingerprint density at radius 1 is 0.771 bits per heavy atom. The van der Waals surface area contributed by atoms with Crippen molar-refractivity contribution in [3.05, 3.63) is 110 Å². The molecule has 11 nitrogen and oxygen atoms in total. The minimum atomic E-state index is -4.48. The first-order valence-electron chi connectivity index (χ1n) is 9.93. The number of carbonyl (C=O) groups is 1. The number of carboxylic acid groups (broad SMARTS) is 1. The highest BCUT2D eigenvalue weighted by molar-refractivity contribution is 7.86. The van der Waals surface area contributed by atoms with Crippen molar-refractivity contribution in [1.82, 2.24) is 0 Å². The van der Waals surface area contributed by atoms with E-state index in [2.05, 4.69) is 21.1 Å². The van der Waals surface area contributed by atoms with Gasteiger partial charge in [0.1, 0.15) is 10.3 Å². The normalized spacial score (nSPS) is 12.6. The number of carboxylic acids is 1. The van der Waals surface area contributed by atoms with Crippen LogP contribution in [0.15, 0.2) is 97.5 Å². The van der Waals surface area contributed by atoms with E-state index in [0.717, 1.165) is 6.07 Å². The summed E-state index contributed by atoms with van der Waals surface area (Å²) in [4.78, 5) is 36.1. The number of hydrogen-bond donors (Lipinski definition) is 4. The Morgan fingerprint density at radius 2 is 1.43 bits per heavy atom. The first kappa shape index (κ1) is 23.5. The smallest absolute Gasteiger partial charge is 0.337 e. The molecule has 0 spiro atoms. The molecule has 4 aromatic carbocycles. The van der Waals surface area contributed by atoms with Crippen LogP contribution in [0.2, 0.25) is 0 Å². The Bertz CT molecular complexity index is 1810. The summed E-state index contributed by atoms with van der Waals surface area (Å²) in [5.41, 5.74) is 3.98. The number of hydrogen-bond acceptors (Lipinski definition) is 9. The van der Waals surface area contributed by atoms with E-state index in [1.165, 1.54) is 48.5 Å². The van der Waals surface area contributed by atoms with E-state index in [9.17, 15) is 32.5 Å². The fraction of sp³-hybridized carbons (Fsp3) is 0. The molecule has 0 saturated heterocycles. The number of para-hydroxylation sites is 1. The maximum Gasteiger partial charge on any atom is 0.337 e. The molecule has 176 valence electrons. The van der Waals surface area contributed by atoms with Crippen LogP contribution >= 0.6 is 0 Å². The maximum atomic E-state index is 12.8. The van der Waals surface area contributed by atoms with Gasteiger partial charge < -0.3 is 5.11 Å². The molecule has 4 N–H and O–H groups in total. The van der Waals surface area contributed by atoms with Crippen molar-refractivity contribution in [2.24, 2.45) is 10.2 Å². The molecule has 12 heteroatoms. The number of nitrogens with one attached hydrogen (secondary N) is 2. The second-order valence-corrected chi connectivity index (χ2v) is 8.58. The quantitative estimate of drug-likeness (QED) is 0.228. The zero-order valence-electron chi connectivity index (χ0n) is 17.7. The summed E-state index contributed by atoms with van der Waals surface area (Å²) in [5.74, 6) is -1.19. The zero-order valence-corrected chi connectivity index (χ0v) is 18.5. The number of anilines is 2. The van der Waals surface area contributed by atoms with Gasteiger partial charge in [0, 0.05) is 10.8 Å². The van der Waals surface area contributed by atoms with Crippen LogP contribution in [0.1, 0.15) is 10.4 Å². The lowest BCUT2D eigenvalue weighted by molar-refractivity contribution is 0.0698. The molecule has 0 aromatic heterocycles. The van der Waals surface area contributed by atoms with Crippen molar-refractivity contribution in [3.63, 3.8) is 0 Å². The first-order valence-corrected chi connectivity index (χ1v) is 11.4. The standard InChI is InChI=1S/C23H16N4O7S/c28-19-12-11-18(26-24-17-8-2-1-5-15(17)23(30)31)22(29)21(19)27-25-16-9-3-7-14-13(16)6-4-10-20(14)35(32,33)34/h1-12,24-25H,(H,30,31)(H,32,33,34)/b26-18-,27-21+. The number of benzene rings is 4. The monoisotopic (exact) mass is 492 g/mol. The van der Waals surface area contributed by atoms with Gasteiger partial charge in [-0.2, -0.15) is 18.6 Å². The highest BCUT2D eigenvalue weighted by Gasteiger charge is 2.15. The molecule has 0 aliphatic heterocycles. The summed E-state index contributed by atoms with van der Waals surface area (Å²) in [6.45, 7) is 0. The highest BCUT2D eigenvalue weighted by atomic mass is 32.2. The molecule has 0 unspecified atom stereocenters. The van der Waals surface area contributed by atoms with E-state index in [-0.39, 0.29) is 32.6 Å². The minimum absolute atomic E-state index is 0.0593. The predicted octanol–water partition coefficient (Wildman–Crippen LogP) is 1.24. The molecule has 35 heavy (non-hydrogen) atoms. The van der Waals surface area contributed by atoms with Crippen molar-refractivity contribution in [2.75, 3.05) is 10.9 Å². The molecule has 4 aromatic rings. The van der Waals surface area contributed by atoms with E-state index in [0.29, 0.717) is 5.39 Å². The number of rotatable bonds is 6. The summed E-state index contributed by atoms with van der Waals surface area (Å²) < 4.78 is 32.8. The van der Waals surface area contributed by atoms with Crippen molar-refractivity contribution < 1.29 is 22.9 Å². The Labute approximate surface area is 196 Å². The maximum absolute atomic E-state index is 12.8. The molecule has 0 heterocycles. The average molecular weight is 492 g/mol. The van der Waals surface area contributed by atoms with E-state index >= 15 is 0 Å². The van der Waals surface area contributed by atoms with Crippen LogP contribution < -0.4 is 32.4 Å². The number of fused-ring (bicyclic) bond motifs is 1. The Morgan fingerprint density at radius 3 is 2.17 bits per heavy atom. The molecule has 0 radical (unpaired) electrons. The van der Waals surface area contributed by atoms with Crippen LogP contribution in [0.5, 0.6) is 0 Å². The zero-order chi connectivity index (χ0) is 25.2. The fourth-order valence-electron chi connectivity index (χ4n) is 3.34. The third-order valence-electron chi connectivity index (χ3n) is 4.98. The minimum Gasteiger partial charge on any atom is -0.478 e. The molecule has 0 fully saturated rings. The van der Waals surface area contributed by atoms with Crippen LogP contribution in [0.3, 0.4) is 0 Å². The van der Waals surface area contributed by atoms with Gasteiger partial charge in [-0.1, -0.05) is 36.4 Å². The molecule has 0 aliphatic carbocycles. The summed E-state index contributed by atoms with van der Waals surface area (Å²) in [6.07, 6.45) is 0. The van der Waals surface area contributed by atoms with Crippen molar-refractivity contribution in [3.8, 4) is 0 Å². The van der Waals surface area contributed by atoms with E-state index in [1.54, 1.807) is 18.2 Å². The van der Waals surface area contributed by atoms with E-state index in [4.69, 9.17) is 0 Å². The SMILES string of the molecule is O=C(O)c1ccccc1N/N=c1/ccc(=O)/c(=N\Nc2cccc3c(S(=O)(=O)O)cccc23)c1=O. The third-order valence-corrected chi connectivity index (χ3v) is 5.89. The van der Waals surface area contributed by atoms with Gasteiger partial charge in [-0.3, -0.25) is 25.0 Å². The molecular weight excluding hydrogens is 476 g/mol. The Hall–Kier alpha value is -4.68. The second kappa shape index (κ2) is 9.29. The predicted molar refractivity (Wildman–Crippen MR) is 127 cm³/mol. The van der Waals surface area contributed by atoms with Gasteiger partial charge in [-0.25, -0.2) is 4.79 Å². The van der Waals surface area contributed by atoms with Crippen LogP contribution in [-0.4, -0.2) is 24.0 Å². The molecular formula is C23H16N4O7S. The van der Waals surface area contributed by atoms with Gasteiger partial charge in [-0.15, -0.1) is 0 Å². The van der Waals surface area contributed by atoms with Gasteiger partial charge in [-0.05, 0) is 36.4 Å². The van der Waals surface area contributed by atoms with Gasteiger partial charge in [0.25, 0.3) is 10.1 Å². The topological polar surface area (TPSA) is 175 Å². The van der Waals surface area contributed by atoms with Gasteiger partial charge in [0.2, 0.25) is 10.9 Å². The summed E-state index contributed by atoms with van der Waals surface area (Å²) >= 11 is 0. The lowest BCUT2D eigenvalue weighted by Gasteiger charge is -2.08. The summed E-state index contributed by atoms with van der Waals surface area (Å²) in [5, 5.41) is 17.0. The lowest BCUT2D eigenvalue weighted by Crippen LogP contribution is -2.48. The number of aromatic carboxylic acids is 1. The van der Waals surface area contributed by atoms with Gasteiger partial charge in [0.05, 0.1) is 16.9 Å². The lowest BCUT2D eigenvalue weighted by atomic mass is 10.1. The van der Waals surface area contributed by atoms with E-state index in [1.807, 2.05) is 0 Å². The van der Waals surface area contributed by atoms with E-state index < -0.39 is 32.3 Å². The van der Waals surface area contributed by atoms with Gasteiger partial charge >= 0.3 is 5.97 Å². The fourth-order valence-corrected chi connectivity index (χ4v) is 4.05. The average Bonchev–Trinajstić information content (AvgIpc) is 2.82. The van der Waals surface area contributed by atoms with Gasteiger partial charge in [0.15, 0.2) is 5.36 Å². The van der Waals surface area contributed by atoms with Crippen LogP contribution in [0, 0.1) is 0 Å². The summed E-state index contributed by atoms with van der Waals surface area (Å²) in [6, 6.07) is 17.0. The molecule has 4 rings (SSSR count). The first-order chi connectivity index (χ1) is 16.7. The number of nitrogens with zero attached hydrogens (tertiary/aromatic N) is 2. The molecule has 0 amide bonds. The largest absolute Gasteiger partial charge is 0.478 e. The van der Waals surface area contributed by atoms with Crippen LogP contribution in [0.4, 0.5) is 11.4 Å². The molecule has 0 aliphatic rings. The van der Waals surface area contributed by atoms with Crippen molar-refractivity contribution in [2.45, 2.75) is 4.90 Å². The second-order valence-electron chi connectivity index (χ2n) is 7.19. The molecule has 0 saturated carbocycles. The van der Waals surface area contributed by atoms with Crippen molar-refractivity contribution >= 4 is 38.2 Å². The van der Waals surface area contributed by atoms with Crippen molar-refractivity contribution in [1.29, 1.82) is 0 Å². The highest BCUT2D eigenvalue weighted by Crippen LogP contribution is 2.28. The van der Waals surface area contributed by atoms with Crippen LogP contribution in [-0.2, 0) is 10.1 Å². The summed E-state index contributed by atoms with van der Waals surface area (Å²) in [7, 11) is -4.48. The molecule has 0 bridgehead atoms. The third kappa shape index (κ3) is 4.83. The van der Waals surface area contributed by atoms with Crippen LogP contribution in [0.25, 0.3) is 10.8 Å². The molecule has 0 atom stereocenters.